The summed E-state index contributed by atoms with van der Waals surface area (Å²) in [5.41, 5.74) is 0. The van der Waals surface area contributed by atoms with Crippen LogP contribution in [0.5, 0.6) is 0 Å². The molecule has 0 bridgehead atoms. The predicted octanol–water partition coefficient (Wildman–Crippen LogP) is 1.91. The van der Waals surface area contributed by atoms with Crippen LogP contribution in [0.3, 0.4) is 0 Å². The molecule has 0 aliphatic heterocycles. The van der Waals surface area contributed by atoms with Gasteiger partial charge in [-0.15, -0.1) is 0 Å². The Morgan fingerprint density at radius 2 is 1.80 bits per heavy atom. The summed E-state index contributed by atoms with van der Waals surface area (Å²) < 4.78 is 0.565. The van der Waals surface area contributed by atoms with Crippen molar-refractivity contribution in [3.63, 3.8) is 0 Å². The summed E-state index contributed by atoms with van der Waals surface area (Å²) in [7, 11) is 0. The van der Waals surface area contributed by atoms with Crippen LogP contribution in [-0.2, 0) is 0 Å². The molecule has 1 aromatic heterocycles. The first-order chi connectivity index (χ1) is 7.21. The van der Waals surface area contributed by atoms with E-state index in [1.807, 2.05) is 6.92 Å². The number of nitrogens with zero attached hydrogens (tertiary/aromatic N) is 4. The molecule has 0 radical (unpaired) electrons. The first kappa shape index (κ1) is 12.2. The average Bonchev–Trinajstić information content (AvgIpc) is 2.19. The maximum absolute atomic E-state index is 4.33. The normalized spacial score (nSPS) is 10.1. The molecule has 1 heterocycles. The SMILES string of the molecule is CCNc1nc(Br)nc(N(CC)CC)n1. The standard InChI is InChI=1S/C9H16BrN5/c1-4-11-8-12-7(10)13-9(14-8)15(5-2)6-3/h4-6H2,1-3H3,(H,11,12,13,14). The van der Waals surface area contributed by atoms with Gasteiger partial charge in [0.1, 0.15) is 0 Å². The Balaban J connectivity index is 2.96. The van der Waals surface area contributed by atoms with Crippen LogP contribution in [0.1, 0.15) is 20.8 Å². The molecule has 0 spiro atoms. The van der Waals surface area contributed by atoms with E-state index in [-0.39, 0.29) is 0 Å². The molecule has 6 heteroatoms. The van der Waals surface area contributed by atoms with Gasteiger partial charge < -0.3 is 10.2 Å². The second kappa shape index (κ2) is 5.85. The fourth-order valence-electron chi connectivity index (χ4n) is 1.22. The Morgan fingerprint density at radius 1 is 1.13 bits per heavy atom. The third kappa shape index (κ3) is 3.30. The van der Waals surface area contributed by atoms with Crippen molar-refractivity contribution in [3.05, 3.63) is 4.73 Å². The van der Waals surface area contributed by atoms with Gasteiger partial charge in [-0.25, -0.2) is 0 Å². The van der Waals surface area contributed by atoms with Crippen LogP contribution in [-0.4, -0.2) is 34.6 Å². The summed E-state index contributed by atoms with van der Waals surface area (Å²) in [6.45, 7) is 8.74. The van der Waals surface area contributed by atoms with E-state index in [4.69, 9.17) is 0 Å². The number of hydrogen-bond acceptors (Lipinski definition) is 5. The molecule has 0 saturated carbocycles. The third-order valence-electron chi connectivity index (χ3n) is 1.98. The van der Waals surface area contributed by atoms with Gasteiger partial charge in [0.05, 0.1) is 0 Å². The third-order valence-corrected chi connectivity index (χ3v) is 2.33. The summed E-state index contributed by atoms with van der Waals surface area (Å²) >= 11 is 3.28. The van der Waals surface area contributed by atoms with Crippen molar-refractivity contribution in [2.75, 3.05) is 29.9 Å². The highest BCUT2D eigenvalue weighted by molar-refractivity contribution is 9.10. The van der Waals surface area contributed by atoms with Crippen molar-refractivity contribution in [1.29, 1.82) is 0 Å². The molecule has 0 fully saturated rings. The molecule has 0 atom stereocenters. The second-order valence-corrected chi connectivity index (χ2v) is 3.64. The number of aromatic nitrogens is 3. The Morgan fingerprint density at radius 3 is 2.33 bits per heavy atom. The molecule has 84 valence electrons. The molecule has 0 aliphatic rings. The molecule has 5 nitrogen and oxygen atoms in total. The monoisotopic (exact) mass is 273 g/mol. The van der Waals surface area contributed by atoms with Gasteiger partial charge in [-0.05, 0) is 36.7 Å². The van der Waals surface area contributed by atoms with Crippen molar-refractivity contribution in [1.82, 2.24) is 15.0 Å². The number of hydrogen-bond donors (Lipinski definition) is 1. The van der Waals surface area contributed by atoms with Crippen LogP contribution in [0.4, 0.5) is 11.9 Å². The van der Waals surface area contributed by atoms with Gasteiger partial charge >= 0.3 is 0 Å². The molecule has 0 amide bonds. The molecule has 0 unspecified atom stereocenters. The lowest BCUT2D eigenvalue weighted by Crippen LogP contribution is -2.25. The predicted molar refractivity (Wildman–Crippen MR) is 65.3 cm³/mol. The highest BCUT2D eigenvalue weighted by Crippen LogP contribution is 2.13. The summed E-state index contributed by atoms with van der Waals surface area (Å²) in [5, 5.41) is 3.07. The highest BCUT2D eigenvalue weighted by atomic mass is 79.9. The molecular formula is C9H16BrN5. The van der Waals surface area contributed by atoms with Crippen LogP contribution < -0.4 is 10.2 Å². The van der Waals surface area contributed by atoms with Gasteiger partial charge in [-0.3, -0.25) is 0 Å². The van der Waals surface area contributed by atoms with Crippen LogP contribution >= 0.6 is 15.9 Å². The van der Waals surface area contributed by atoms with Gasteiger partial charge in [-0.2, -0.15) is 15.0 Å². The minimum Gasteiger partial charge on any atom is -0.354 e. The Labute approximate surface area is 98.5 Å². The van der Waals surface area contributed by atoms with E-state index in [1.54, 1.807) is 0 Å². The summed E-state index contributed by atoms with van der Waals surface area (Å²) in [5.74, 6) is 1.32. The molecule has 1 rings (SSSR count). The molecule has 0 saturated heterocycles. The molecular weight excluding hydrogens is 258 g/mol. The van der Waals surface area contributed by atoms with E-state index < -0.39 is 0 Å². The number of anilines is 2. The Bertz CT molecular complexity index is 313. The van der Waals surface area contributed by atoms with Gasteiger partial charge in [0.15, 0.2) is 0 Å². The van der Waals surface area contributed by atoms with E-state index in [0.717, 1.165) is 19.6 Å². The fraction of sp³-hybridized carbons (Fsp3) is 0.667. The van der Waals surface area contributed by atoms with Crippen molar-refractivity contribution < 1.29 is 0 Å². The molecule has 15 heavy (non-hydrogen) atoms. The largest absolute Gasteiger partial charge is 0.354 e. The van der Waals surface area contributed by atoms with Crippen LogP contribution in [0, 0.1) is 0 Å². The van der Waals surface area contributed by atoms with E-state index in [9.17, 15) is 0 Å². The summed E-state index contributed by atoms with van der Waals surface area (Å²) in [4.78, 5) is 14.8. The molecule has 0 aromatic carbocycles. The molecule has 1 aromatic rings. The lowest BCUT2D eigenvalue weighted by Gasteiger charge is -2.18. The van der Waals surface area contributed by atoms with Crippen molar-refractivity contribution in [3.8, 4) is 0 Å². The Hall–Kier alpha value is -0.910. The van der Waals surface area contributed by atoms with Crippen LogP contribution in [0.15, 0.2) is 4.73 Å². The maximum Gasteiger partial charge on any atom is 0.231 e. The van der Waals surface area contributed by atoms with Gasteiger partial charge in [0.25, 0.3) is 0 Å². The highest BCUT2D eigenvalue weighted by Gasteiger charge is 2.08. The first-order valence-corrected chi connectivity index (χ1v) is 5.90. The van der Waals surface area contributed by atoms with Gasteiger partial charge in [-0.1, -0.05) is 0 Å². The summed E-state index contributed by atoms with van der Waals surface area (Å²) in [6.07, 6.45) is 0. The van der Waals surface area contributed by atoms with Gasteiger partial charge in [0.2, 0.25) is 16.6 Å². The van der Waals surface area contributed by atoms with Crippen molar-refractivity contribution in [2.24, 2.45) is 0 Å². The quantitative estimate of drug-likeness (QED) is 0.888. The van der Waals surface area contributed by atoms with Crippen molar-refractivity contribution in [2.45, 2.75) is 20.8 Å². The summed E-state index contributed by atoms with van der Waals surface area (Å²) in [6, 6.07) is 0. The lowest BCUT2D eigenvalue weighted by atomic mass is 10.5. The number of nitrogens with one attached hydrogen (secondary N) is 1. The van der Waals surface area contributed by atoms with Crippen LogP contribution in [0.25, 0.3) is 0 Å². The van der Waals surface area contributed by atoms with E-state index in [0.29, 0.717) is 16.6 Å². The zero-order chi connectivity index (χ0) is 11.3. The first-order valence-electron chi connectivity index (χ1n) is 5.11. The number of halogens is 1. The molecule has 1 N–H and O–H groups in total. The smallest absolute Gasteiger partial charge is 0.231 e. The zero-order valence-electron chi connectivity index (χ0n) is 9.29. The maximum atomic E-state index is 4.33. The van der Waals surface area contributed by atoms with Crippen molar-refractivity contribution >= 4 is 27.8 Å². The minimum absolute atomic E-state index is 0.565. The Kier molecular flexibility index (Phi) is 4.74. The topological polar surface area (TPSA) is 53.9 Å². The van der Waals surface area contributed by atoms with E-state index in [2.05, 4.69) is 54.9 Å². The lowest BCUT2D eigenvalue weighted by molar-refractivity contribution is 0.806. The number of rotatable bonds is 5. The zero-order valence-corrected chi connectivity index (χ0v) is 10.9. The van der Waals surface area contributed by atoms with Gasteiger partial charge in [0, 0.05) is 19.6 Å². The second-order valence-electron chi connectivity index (χ2n) is 2.93. The minimum atomic E-state index is 0.565. The molecule has 0 aliphatic carbocycles. The van der Waals surface area contributed by atoms with Crippen LogP contribution in [0.2, 0.25) is 0 Å². The average molecular weight is 274 g/mol. The van der Waals surface area contributed by atoms with E-state index in [1.165, 1.54) is 0 Å². The fourth-order valence-corrected chi connectivity index (χ4v) is 1.55. The van der Waals surface area contributed by atoms with E-state index >= 15 is 0 Å².